The first-order chi connectivity index (χ1) is 12.6. The van der Waals surface area contributed by atoms with E-state index in [0.29, 0.717) is 19.5 Å². The zero-order valence-corrected chi connectivity index (χ0v) is 15.7. The summed E-state index contributed by atoms with van der Waals surface area (Å²) in [6, 6.07) is 8.46. The van der Waals surface area contributed by atoms with Crippen LogP contribution in [0.1, 0.15) is 30.4 Å². The number of nitrogens with zero attached hydrogens (tertiary/aromatic N) is 3. The summed E-state index contributed by atoms with van der Waals surface area (Å²) in [5.74, 6) is 0.218. The largest absolute Gasteiger partial charge is 0.341 e. The third-order valence-electron chi connectivity index (χ3n) is 5.39. The average Bonchev–Trinajstić information content (AvgIpc) is 2.66. The molecule has 1 aromatic rings. The molecule has 1 aromatic carbocycles. The maximum atomic E-state index is 12.3. The molecule has 3 amide bonds. The number of hydrogen-bond acceptors (Lipinski definition) is 3. The molecule has 0 saturated carbocycles. The van der Waals surface area contributed by atoms with Crippen LogP contribution in [0, 0.1) is 6.92 Å². The molecule has 6 heteroatoms. The minimum atomic E-state index is -0.00926. The first-order valence-corrected chi connectivity index (χ1v) is 9.71. The van der Waals surface area contributed by atoms with Gasteiger partial charge in [-0.15, -0.1) is 0 Å². The molecule has 0 radical (unpaired) electrons. The maximum absolute atomic E-state index is 12.3. The number of piperazine rings is 1. The van der Waals surface area contributed by atoms with Crippen molar-refractivity contribution in [1.82, 2.24) is 20.0 Å². The quantitative estimate of drug-likeness (QED) is 0.874. The Hall–Kier alpha value is -2.08. The van der Waals surface area contributed by atoms with Crippen LogP contribution in [-0.4, -0.2) is 72.5 Å². The molecule has 26 heavy (non-hydrogen) atoms. The van der Waals surface area contributed by atoms with E-state index in [1.54, 1.807) is 0 Å². The van der Waals surface area contributed by atoms with Crippen LogP contribution in [0.15, 0.2) is 24.3 Å². The summed E-state index contributed by atoms with van der Waals surface area (Å²) < 4.78 is 0. The van der Waals surface area contributed by atoms with Gasteiger partial charge in [-0.05, 0) is 30.9 Å². The smallest absolute Gasteiger partial charge is 0.317 e. The lowest BCUT2D eigenvalue weighted by Crippen LogP contribution is -2.52. The highest BCUT2D eigenvalue weighted by molar-refractivity contribution is 5.77. The molecule has 3 rings (SSSR count). The monoisotopic (exact) mass is 358 g/mol. The predicted molar refractivity (Wildman–Crippen MR) is 102 cm³/mol. The topological polar surface area (TPSA) is 55.9 Å². The third-order valence-corrected chi connectivity index (χ3v) is 5.39. The number of hydrogen-bond donors (Lipinski definition) is 1. The molecule has 2 aliphatic heterocycles. The number of benzene rings is 1. The van der Waals surface area contributed by atoms with Crippen LogP contribution in [0.4, 0.5) is 4.79 Å². The van der Waals surface area contributed by atoms with Crippen LogP contribution in [0.3, 0.4) is 0 Å². The lowest BCUT2D eigenvalue weighted by atomic mass is 10.1. The van der Waals surface area contributed by atoms with Gasteiger partial charge in [-0.2, -0.15) is 0 Å². The summed E-state index contributed by atoms with van der Waals surface area (Å²) in [5, 5.41) is 2.97. The van der Waals surface area contributed by atoms with Gasteiger partial charge in [0.15, 0.2) is 0 Å². The number of urea groups is 1. The van der Waals surface area contributed by atoms with Gasteiger partial charge in [-0.25, -0.2) is 4.79 Å². The van der Waals surface area contributed by atoms with Gasteiger partial charge < -0.3 is 15.1 Å². The van der Waals surface area contributed by atoms with E-state index in [-0.39, 0.29) is 11.9 Å². The summed E-state index contributed by atoms with van der Waals surface area (Å²) in [6.07, 6.45) is 2.72. The van der Waals surface area contributed by atoms with Crippen LogP contribution in [0.25, 0.3) is 0 Å². The van der Waals surface area contributed by atoms with Gasteiger partial charge >= 0.3 is 6.03 Å². The van der Waals surface area contributed by atoms with Crippen molar-refractivity contribution >= 4 is 11.9 Å². The molecule has 0 bridgehead atoms. The lowest BCUT2D eigenvalue weighted by Gasteiger charge is -2.35. The molecular weight excluding hydrogens is 328 g/mol. The van der Waals surface area contributed by atoms with Crippen LogP contribution < -0.4 is 5.32 Å². The van der Waals surface area contributed by atoms with E-state index in [4.69, 9.17) is 0 Å². The number of nitrogens with one attached hydrogen (secondary N) is 1. The van der Waals surface area contributed by atoms with E-state index in [9.17, 15) is 9.59 Å². The highest BCUT2D eigenvalue weighted by atomic mass is 16.2. The van der Waals surface area contributed by atoms with E-state index in [2.05, 4.69) is 41.4 Å². The summed E-state index contributed by atoms with van der Waals surface area (Å²) >= 11 is 0. The molecule has 142 valence electrons. The zero-order valence-electron chi connectivity index (χ0n) is 15.7. The van der Waals surface area contributed by atoms with E-state index in [0.717, 1.165) is 52.1 Å². The number of carbonyl (C=O) groups excluding carboxylic acids is 2. The minimum Gasteiger partial charge on any atom is -0.341 e. The van der Waals surface area contributed by atoms with Crippen molar-refractivity contribution in [1.29, 1.82) is 0 Å². The highest BCUT2D eigenvalue weighted by Crippen LogP contribution is 2.13. The summed E-state index contributed by atoms with van der Waals surface area (Å²) in [6.45, 7) is 8.36. The summed E-state index contributed by atoms with van der Waals surface area (Å²) in [4.78, 5) is 30.3. The second-order valence-electron chi connectivity index (χ2n) is 7.26. The van der Waals surface area contributed by atoms with Crippen LogP contribution in [0.2, 0.25) is 0 Å². The Labute approximate surface area is 156 Å². The molecule has 0 unspecified atom stereocenters. The number of carbonyl (C=O) groups is 2. The number of rotatable bonds is 5. The Bertz CT molecular complexity index is 626. The van der Waals surface area contributed by atoms with Gasteiger partial charge in [0, 0.05) is 58.8 Å². The van der Waals surface area contributed by atoms with Gasteiger partial charge in [0.1, 0.15) is 0 Å². The van der Waals surface area contributed by atoms with Crippen LogP contribution >= 0.6 is 0 Å². The average molecular weight is 358 g/mol. The molecule has 0 atom stereocenters. The first-order valence-electron chi connectivity index (χ1n) is 9.71. The van der Waals surface area contributed by atoms with Crippen molar-refractivity contribution in [2.75, 3.05) is 45.8 Å². The summed E-state index contributed by atoms with van der Waals surface area (Å²) in [7, 11) is 0. The Morgan fingerprint density at radius 3 is 2.58 bits per heavy atom. The van der Waals surface area contributed by atoms with Crippen molar-refractivity contribution in [3.05, 3.63) is 35.4 Å². The Kier molecular flexibility index (Phi) is 6.50. The van der Waals surface area contributed by atoms with E-state index < -0.39 is 0 Å². The number of aryl methyl sites for hydroxylation is 1. The number of likely N-dealkylation sites (tertiary alicyclic amines) is 1. The minimum absolute atomic E-state index is 0.00926. The molecule has 1 N–H and O–H groups in total. The summed E-state index contributed by atoms with van der Waals surface area (Å²) in [5.41, 5.74) is 2.68. The predicted octanol–water partition coefficient (Wildman–Crippen LogP) is 1.83. The molecule has 2 saturated heterocycles. The van der Waals surface area contributed by atoms with Crippen molar-refractivity contribution in [2.45, 2.75) is 32.7 Å². The standard InChI is InChI=1S/C20H30N4O2/c1-17-6-2-3-7-18(17)16-22-12-14-24(15-13-22)20(26)21-9-11-23-10-5-4-8-19(23)25/h2-3,6-7H,4-5,8-16H2,1H3,(H,21,26). The number of piperidine rings is 1. The van der Waals surface area contributed by atoms with Crippen LogP contribution in [-0.2, 0) is 11.3 Å². The van der Waals surface area contributed by atoms with Gasteiger partial charge in [-0.3, -0.25) is 9.69 Å². The Morgan fingerprint density at radius 2 is 1.85 bits per heavy atom. The molecule has 0 spiro atoms. The second-order valence-corrected chi connectivity index (χ2v) is 7.26. The van der Waals surface area contributed by atoms with Gasteiger partial charge in [0.25, 0.3) is 0 Å². The molecule has 0 aromatic heterocycles. The molecule has 6 nitrogen and oxygen atoms in total. The first kappa shape index (κ1) is 18.7. The van der Waals surface area contributed by atoms with E-state index in [1.807, 2.05) is 9.80 Å². The van der Waals surface area contributed by atoms with Crippen molar-refractivity contribution in [3.63, 3.8) is 0 Å². The van der Waals surface area contributed by atoms with Crippen molar-refractivity contribution in [3.8, 4) is 0 Å². The van der Waals surface area contributed by atoms with Gasteiger partial charge in [0.05, 0.1) is 0 Å². The number of amides is 3. The van der Waals surface area contributed by atoms with E-state index >= 15 is 0 Å². The van der Waals surface area contributed by atoms with Crippen molar-refractivity contribution < 1.29 is 9.59 Å². The van der Waals surface area contributed by atoms with Gasteiger partial charge in [0.2, 0.25) is 5.91 Å². The molecule has 2 aliphatic rings. The Morgan fingerprint density at radius 1 is 1.08 bits per heavy atom. The lowest BCUT2D eigenvalue weighted by molar-refractivity contribution is -0.133. The maximum Gasteiger partial charge on any atom is 0.317 e. The molecule has 2 heterocycles. The van der Waals surface area contributed by atoms with E-state index in [1.165, 1.54) is 11.1 Å². The third kappa shape index (κ3) is 4.97. The molecular formula is C20H30N4O2. The highest BCUT2D eigenvalue weighted by Gasteiger charge is 2.22. The second kappa shape index (κ2) is 9.03. The SMILES string of the molecule is Cc1ccccc1CN1CCN(C(=O)NCCN2CCCCC2=O)CC1. The molecule has 0 aliphatic carbocycles. The molecule has 2 fully saturated rings. The van der Waals surface area contributed by atoms with Crippen molar-refractivity contribution in [2.24, 2.45) is 0 Å². The fourth-order valence-corrected chi connectivity index (χ4v) is 3.65. The fraction of sp³-hybridized carbons (Fsp3) is 0.600. The fourth-order valence-electron chi connectivity index (χ4n) is 3.65. The Balaban J connectivity index is 1.37. The zero-order chi connectivity index (χ0) is 18.4. The van der Waals surface area contributed by atoms with Crippen LogP contribution in [0.5, 0.6) is 0 Å². The normalized spacial score (nSPS) is 18.9. The van der Waals surface area contributed by atoms with Gasteiger partial charge in [-0.1, -0.05) is 24.3 Å².